The van der Waals surface area contributed by atoms with Crippen LogP contribution in [0.4, 0.5) is 8.78 Å². The third-order valence-corrected chi connectivity index (χ3v) is 4.14. The lowest BCUT2D eigenvalue weighted by atomic mass is 10.1. The highest BCUT2D eigenvalue weighted by molar-refractivity contribution is 5.94. The molecule has 0 aliphatic rings. The van der Waals surface area contributed by atoms with Crippen LogP contribution in [-0.2, 0) is 6.54 Å². The Morgan fingerprint density at radius 1 is 1.12 bits per heavy atom. The van der Waals surface area contributed by atoms with Crippen molar-refractivity contribution >= 4 is 5.91 Å². The third-order valence-electron chi connectivity index (χ3n) is 4.14. The summed E-state index contributed by atoms with van der Waals surface area (Å²) in [6.45, 7) is 7.61. The summed E-state index contributed by atoms with van der Waals surface area (Å²) in [5.74, 6) is -1.41. The Morgan fingerprint density at radius 3 is 2.58 bits per heavy atom. The molecule has 0 aliphatic heterocycles. The van der Waals surface area contributed by atoms with Crippen LogP contribution in [0.25, 0.3) is 0 Å². The zero-order valence-electron chi connectivity index (χ0n) is 15.1. The molecule has 2 aromatic carbocycles. The van der Waals surface area contributed by atoms with E-state index in [0.717, 1.165) is 43.4 Å². The molecule has 140 valence electrons. The van der Waals surface area contributed by atoms with Gasteiger partial charge in [0.2, 0.25) is 0 Å². The fraction of sp³-hybridized carbons (Fsp3) is 0.350. The monoisotopic (exact) mass is 362 g/mol. The SMILES string of the molecule is CCN(CC)CCOc1ccccc1CNC(=O)c1cc(F)ccc1F. The van der Waals surface area contributed by atoms with Gasteiger partial charge in [-0.2, -0.15) is 0 Å². The number of carbonyl (C=O) groups is 1. The van der Waals surface area contributed by atoms with Crippen molar-refractivity contribution in [2.24, 2.45) is 0 Å². The van der Waals surface area contributed by atoms with Crippen molar-refractivity contribution in [2.75, 3.05) is 26.2 Å². The topological polar surface area (TPSA) is 41.6 Å². The molecule has 0 saturated heterocycles. The van der Waals surface area contributed by atoms with Gasteiger partial charge in [-0.3, -0.25) is 4.79 Å². The molecule has 6 heteroatoms. The summed E-state index contributed by atoms with van der Waals surface area (Å²) in [7, 11) is 0. The lowest BCUT2D eigenvalue weighted by Gasteiger charge is -2.19. The molecule has 0 bridgehead atoms. The molecule has 0 spiro atoms. The second kappa shape index (κ2) is 9.87. The molecule has 0 aromatic heterocycles. The van der Waals surface area contributed by atoms with Gasteiger partial charge in [0.15, 0.2) is 0 Å². The molecule has 1 N–H and O–H groups in total. The standard InChI is InChI=1S/C20H24F2N2O2/c1-3-24(4-2)11-12-26-19-8-6-5-7-15(19)14-23-20(25)17-13-16(21)9-10-18(17)22/h5-10,13H,3-4,11-12,14H2,1-2H3,(H,23,25). The van der Waals surface area contributed by atoms with Gasteiger partial charge in [0.25, 0.3) is 5.91 Å². The van der Waals surface area contributed by atoms with Gasteiger partial charge in [-0.15, -0.1) is 0 Å². The highest BCUT2D eigenvalue weighted by Gasteiger charge is 2.13. The third kappa shape index (κ3) is 5.52. The van der Waals surface area contributed by atoms with Crippen LogP contribution in [0.2, 0.25) is 0 Å². The van der Waals surface area contributed by atoms with Crippen molar-refractivity contribution in [1.29, 1.82) is 0 Å². The van der Waals surface area contributed by atoms with E-state index in [2.05, 4.69) is 24.1 Å². The number of halogens is 2. The van der Waals surface area contributed by atoms with Crippen LogP contribution in [0.15, 0.2) is 42.5 Å². The Kier molecular flexibility index (Phi) is 7.53. The summed E-state index contributed by atoms with van der Waals surface area (Å²) in [6, 6.07) is 10.1. The molecule has 26 heavy (non-hydrogen) atoms. The quantitative estimate of drug-likeness (QED) is 0.741. The summed E-state index contributed by atoms with van der Waals surface area (Å²) in [6.07, 6.45) is 0. The molecule has 1 amide bonds. The number of nitrogens with one attached hydrogen (secondary N) is 1. The number of likely N-dealkylation sites (N-methyl/N-ethyl adjacent to an activating group) is 1. The summed E-state index contributed by atoms with van der Waals surface area (Å²) >= 11 is 0. The van der Waals surface area contributed by atoms with Crippen LogP contribution in [0, 0.1) is 11.6 Å². The van der Waals surface area contributed by atoms with E-state index in [-0.39, 0.29) is 12.1 Å². The number of hydrogen-bond donors (Lipinski definition) is 1. The second-order valence-corrected chi connectivity index (χ2v) is 5.79. The van der Waals surface area contributed by atoms with Crippen LogP contribution in [0.3, 0.4) is 0 Å². The van der Waals surface area contributed by atoms with Gasteiger partial charge >= 0.3 is 0 Å². The average Bonchev–Trinajstić information content (AvgIpc) is 2.66. The van der Waals surface area contributed by atoms with E-state index in [1.807, 2.05) is 24.3 Å². The minimum Gasteiger partial charge on any atom is -0.492 e. The molecule has 0 aliphatic carbocycles. The van der Waals surface area contributed by atoms with E-state index in [1.54, 1.807) is 0 Å². The van der Waals surface area contributed by atoms with Crippen molar-refractivity contribution in [3.63, 3.8) is 0 Å². The first-order valence-electron chi connectivity index (χ1n) is 8.71. The maximum Gasteiger partial charge on any atom is 0.254 e. The Balaban J connectivity index is 1.97. The van der Waals surface area contributed by atoms with E-state index in [9.17, 15) is 13.6 Å². The first kappa shape index (κ1) is 19.8. The minimum atomic E-state index is -0.757. The molecule has 0 heterocycles. The zero-order valence-corrected chi connectivity index (χ0v) is 15.1. The van der Waals surface area contributed by atoms with Crippen molar-refractivity contribution in [3.05, 3.63) is 65.2 Å². The highest BCUT2D eigenvalue weighted by Crippen LogP contribution is 2.18. The van der Waals surface area contributed by atoms with Crippen molar-refractivity contribution in [3.8, 4) is 5.75 Å². The molecule has 0 fully saturated rings. The molecule has 0 radical (unpaired) electrons. The van der Waals surface area contributed by atoms with E-state index in [1.165, 1.54) is 0 Å². The normalized spacial score (nSPS) is 10.8. The van der Waals surface area contributed by atoms with Crippen molar-refractivity contribution in [1.82, 2.24) is 10.2 Å². The van der Waals surface area contributed by atoms with Gasteiger partial charge in [0.1, 0.15) is 24.0 Å². The van der Waals surface area contributed by atoms with Crippen LogP contribution in [-0.4, -0.2) is 37.0 Å². The predicted octanol–water partition coefficient (Wildman–Crippen LogP) is 3.62. The zero-order chi connectivity index (χ0) is 18.9. The predicted molar refractivity (Wildman–Crippen MR) is 97.3 cm³/mol. The van der Waals surface area contributed by atoms with Crippen LogP contribution in [0.5, 0.6) is 5.75 Å². The Hall–Kier alpha value is -2.47. The molecule has 0 unspecified atom stereocenters. The largest absolute Gasteiger partial charge is 0.492 e. The number of nitrogens with zero attached hydrogens (tertiary/aromatic N) is 1. The Morgan fingerprint density at radius 2 is 1.85 bits per heavy atom. The number of para-hydroxylation sites is 1. The van der Waals surface area contributed by atoms with E-state index >= 15 is 0 Å². The fourth-order valence-corrected chi connectivity index (χ4v) is 2.56. The molecular weight excluding hydrogens is 338 g/mol. The maximum absolute atomic E-state index is 13.7. The van der Waals surface area contributed by atoms with Gasteiger partial charge in [0, 0.05) is 18.7 Å². The summed E-state index contributed by atoms with van der Waals surface area (Å²) < 4.78 is 32.7. The average molecular weight is 362 g/mol. The molecule has 0 atom stereocenters. The van der Waals surface area contributed by atoms with Gasteiger partial charge in [0.05, 0.1) is 5.56 Å². The minimum absolute atomic E-state index is 0.163. The van der Waals surface area contributed by atoms with Gasteiger partial charge in [-0.25, -0.2) is 8.78 Å². The number of benzene rings is 2. The molecule has 2 aromatic rings. The number of ether oxygens (including phenoxy) is 1. The summed E-state index contributed by atoms with van der Waals surface area (Å²) in [5.41, 5.74) is 0.460. The summed E-state index contributed by atoms with van der Waals surface area (Å²) in [4.78, 5) is 14.4. The number of hydrogen-bond acceptors (Lipinski definition) is 3. The molecule has 4 nitrogen and oxygen atoms in total. The number of amides is 1. The maximum atomic E-state index is 13.7. The highest BCUT2D eigenvalue weighted by atomic mass is 19.1. The second-order valence-electron chi connectivity index (χ2n) is 5.79. The smallest absolute Gasteiger partial charge is 0.254 e. The van der Waals surface area contributed by atoms with Gasteiger partial charge < -0.3 is 15.0 Å². The van der Waals surface area contributed by atoms with Crippen LogP contribution in [0.1, 0.15) is 29.8 Å². The van der Waals surface area contributed by atoms with Crippen molar-refractivity contribution < 1.29 is 18.3 Å². The fourth-order valence-electron chi connectivity index (χ4n) is 2.56. The Labute approximate surface area is 152 Å². The van der Waals surface area contributed by atoms with E-state index in [0.29, 0.717) is 12.4 Å². The molecule has 0 saturated carbocycles. The van der Waals surface area contributed by atoms with E-state index in [4.69, 9.17) is 4.74 Å². The first-order chi connectivity index (χ1) is 12.5. The van der Waals surface area contributed by atoms with Gasteiger partial charge in [-0.05, 0) is 37.4 Å². The summed E-state index contributed by atoms with van der Waals surface area (Å²) in [5, 5.41) is 2.61. The van der Waals surface area contributed by atoms with Crippen molar-refractivity contribution in [2.45, 2.75) is 20.4 Å². The van der Waals surface area contributed by atoms with E-state index < -0.39 is 17.5 Å². The number of carbonyl (C=O) groups excluding carboxylic acids is 1. The lowest BCUT2D eigenvalue weighted by molar-refractivity contribution is 0.0946. The van der Waals surface area contributed by atoms with Crippen LogP contribution < -0.4 is 10.1 Å². The Bertz CT molecular complexity index is 734. The molecule has 2 rings (SSSR count). The molecular formula is C20H24F2N2O2. The lowest BCUT2D eigenvalue weighted by Crippen LogP contribution is -2.28. The van der Waals surface area contributed by atoms with Crippen LogP contribution >= 0.6 is 0 Å². The first-order valence-corrected chi connectivity index (χ1v) is 8.71. The number of rotatable bonds is 9. The van der Waals surface area contributed by atoms with Gasteiger partial charge in [-0.1, -0.05) is 32.0 Å².